The number of thioether (sulfide) groups is 1. The van der Waals surface area contributed by atoms with Crippen molar-refractivity contribution in [2.45, 2.75) is 64.6 Å². The lowest BCUT2D eigenvalue weighted by atomic mass is 9.69. The van der Waals surface area contributed by atoms with Crippen molar-refractivity contribution < 1.29 is 9.53 Å². The van der Waals surface area contributed by atoms with Crippen molar-refractivity contribution in [2.24, 2.45) is 11.3 Å². The smallest absolute Gasteiger partial charge is 0.230 e. The van der Waals surface area contributed by atoms with Crippen LogP contribution in [0, 0.1) is 18.3 Å². The maximum absolute atomic E-state index is 12.7. The molecule has 7 heteroatoms. The fourth-order valence-electron chi connectivity index (χ4n) is 4.25. The van der Waals surface area contributed by atoms with Crippen LogP contribution >= 0.6 is 11.8 Å². The Balaban J connectivity index is 1.68. The molecule has 6 nitrogen and oxygen atoms in total. The molecule has 2 aromatic rings. The molecule has 0 radical (unpaired) electrons. The zero-order chi connectivity index (χ0) is 21.0. The summed E-state index contributed by atoms with van der Waals surface area (Å²) in [6.45, 7) is 8.72. The van der Waals surface area contributed by atoms with Crippen LogP contribution in [0.1, 0.15) is 52.3 Å². The number of ether oxygens (including phenoxy) is 1. The lowest BCUT2D eigenvalue weighted by Crippen LogP contribution is -2.47. The Labute approximate surface area is 177 Å². The highest BCUT2D eigenvalue weighted by atomic mass is 32.2. The molecule has 0 bridgehead atoms. The molecule has 158 valence electrons. The first-order chi connectivity index (χ1) is 13.8. The van der Waals surface area contributed by atoms with Gasteiger partial charge in [-0.25, -0.2) is 0 Å². The van der Waals surface area contributed by atoms with Gasteiger partial charge in [-0.15, -0.1) is 10.2 Å². The van der Waals surface area contributed by atoms with E-state index in [-0.39, 0.29) is 17.4 Å². The molecule has 2 atom stereocenters. The number of aromatic nitrogens is 3. The molecule has 2 unspecified atom stereocenters. The van der Waals surface area contributed by atoms with Crippen LogP contribution in [0.5, 0.6) is 5.75 Å². The molecule has 1 N–H and O–H groups in total. The second-order valence-electron chi connectivity index (χ2n) is 8.76. The molecule has 0 spiro atoms. The van der Waals surface area contributed by atoms with Crippen molar-refractivity contribution in [1.29, 1.82) is 0 Å². The molecular formula is C22H32N4O2S. The van der Waals surface area contributed by atoms with Crippen LogP contribution in [0.3, 0.4) is 0 Å². The summed E-state index contributed by atoms with van der Waals surface area (Å²) in [4.78, 5) is 12.7. The average Bonchev–Trinajstić information content (AvgIpc) is 3.06. The highest BCUT2D eigenvalue weighted by molar-refractivity contribution is 7.99. The van der Waals surface area contributed by atoms with E-state index in [0.717, 1.165) is 23.7 Å². The van der Waals surface area contributed by atoms with Crippen molar-refractivity contribution in [3.8, 4) is 11.4 Å². The Morgan fingerprint density at radius 1 is 1.24 bits per heavy atom. The predicted octanol–water partition coefficient (Wildman–Crippen LogP) is 4.40. The highest BCUT2D eigenvalue weighted by Gasteiger charge is 2.34. The van der Waals surface area contributed by atoms with Gasteiger partial charge in [-0.3, -0.25) is 9.36 Å². The number of carbonyl (C=O) groups excluding carboxylic acids is 1. The summed E-state index contributed by atoms with van der Waals surface area (Å²) in [6.07, 6.45) is 4.69. The van der Waals surface area contributed by atoms with E-state index in [0.29, 0.717) is 16.8 Å². The number of nitrogens with zero attached hydrogens (tertiary/aromatic N) is 3. The summed E-state index contributed by atoms with van der Waals surface area (Å²) in [6, 6.07) is 8.01. The Morgan fingerprint density at radius 3 is 2.69 bits per heavy atom. The molecule has 1 aromatic heterocycles. The lowest BCUT2D eigenvalue weighted by molar-refractivity contribution is -0.120. The van der Waals surface area contributed by atoms with Gasteiger partial charge in [-0.2, -0.15) is 0 Å². The number of aryl methyl sites for hydroxylation is 1. The number of nitrogens with one attached hydrogen (secondary N) is 1. The van der Waals surface area contributed by atoms with Gasteiger partial charge < -0.3 is 10.1 Å². The summed E-state index contributed by atoms with van der Waals surface area (Å²) in [7, 11) is 1.65. The van der Waals surface area contributed by atoms with Crippen molar-refractivity contribution in [3.05, 3.63) is 30.1 Å². The molecule has 1 saturated carbocycles. The van der Waals surface area contributed by atoms with Gasteiger partial charge in [0.2, 0.25) is 5.91 Å². The van der Waals surface area contributed by atoms with Crippen LogP contribution in [-0.2, 0) is 4.79 Å². The molecule has 1 aliphatic rings. The van der Waals surface area contributed by atoms with Crippen molar-refractivity contribution in [2.75, 3.05) is 12.9 Å². The minimum Gasteiger partial charge on any atom is -0.495 e. The third-order valence-corrected chi connectivity index (χ3v) is 6.61. The fourth-order valence-corrected chi connectivity index (χ4v) is 5.05. The molecule has 1 aliphatic carbocycles. The van der Waals surface area contributed by atoms with Gasteiger partial charge in [0.1, 0.15) is 11.6 Å². The van der Waals surface area contributed by atoms with E-state index in [4.69, 9.17) is 4.74 Å². The minimum atomic E-state index is 0.0587. The largest absolute Gasteiger partial charge is 0.495 e. The second kappa shape index (κ2) is 9.20. The van der Waals surface area contributed by atoms with E-state index in [1.54, 1.807) is 7.11 Å². The Kier molecular flexibility index (Phi) is 6.88. The van der Waals surface area contributed by atoms with E-state index in [9.17, 15) is 4.79 Å². The SMILES string of the molecule is COc1ccccc1-n1c(C)nnc1SCC(=O)NC1CCCCC1C(C)(C)C. The molecule has 1 fully saturated rings. The van der Waals surface area contributed by atoms with E-state index < -0.39 is 0 Å². The maximum atomic E-state index is 12.7. The minimum absolute atomic E-state index is 0.0587. The standard InChI is InChI=1S/C22H32N4O2S/c1-15-24-25-21(26(15)18-12-8-9-13-19(18)28-5)29-14-20(27)23-17-11-7-6-10-16(17)22(2,3)4/h8-9,12-13,16-17H,6-7,10-11,14H2,1-5H3,(H,23,27). The van der Waals surface area contributed by atoms with Crippen LogP contribution in [0.4, 0.5) is 0 Å². The topological polar surface area (TPSA) is 69.0 Å². The molecule has 3 rings (SSSR count). The Bertz CT molecular complexity index is 844. The highest BCUT2D eigenvalue weighted by Crippen LogP contribution is 2.38. The van der Waals surface area contributed by atoms with Crippen LogP contribution in [-0.4, -0.2) is 39.6 Å². The fraction of sp³-hybridized carbons (Fsp3) is 0.591. The van der Waals surface area contributed by atoms with Crippen molar-refractivity contribution in [1.82, 2.24) is 20.1 Å². The van der Waals surface area contributed by atoms with Gasteiger partial charge >= 0.3 is 0 Å². The van der Waals surface area contributed by atoms with Gasteiger partial charge in [-0.05, 0) is 43.2 Å². The number of para-hydroxylation sites is 2. The van der Waals surface area contributed by atoms with E-state index in [1.807, 2.05) is 35.8 Å². The van der Waals surface area contributed by atoms with Crippen LogP contribution < -0.4 is 10.1 Å². The molecule has 0 saturated heterocycles. The number of hydrogen-bond donors (Lipinski definition) is 1. The first kappa shape index (κ1) is 21.7. The summed E-state index contributed by atoms with van der Waals surface area (Å²) in [5.74, 6) is 2.41. The first-order valence-electron chi connectivity index (χ1n) is 10.3. The molecule has 29 heavy (non-hydrogen) atoms. The van der Waals surface area contributed by atoms with Crippen LogP contribution in [0.25, 0.3) is 5.69 Å². The number of rotatable bonds is 6. The van der Waals surface area contributed by atoms with Gasteiger partial charge in [0.25, 0.3) is 0 Å². The Hall–Kier alpha value is -2.02. The van der Waals surface area contributed by atoms with Gasteiger partial charge in [0.05, 0.1) is 18.6 Å². The monoisotopic (exact) mass is 416 g/mol. The van der Waals surface area contributed by atoms with E-state index in [1.165, 1.54) is 31.0 Å². The molecule has 0 aliphatic heterocycles. The zero-order valence-electron chi connectivity index (χ0n) is 18.1. The molecular weight excluding hydrogens is 384 g/mol. The summed E-state index contributed by atoms with van der Waals surface area (Å²) >= 11 is 1.41. The number of benzene rings is 1. The third kappa shape index (κ3) is 5.13. The van der Waals surface area contributed by atoms with Crippen LogP contribution in [0.2, 0.25) is 0 Å². The summed E-state index contributed by atoms with van der Waals surface area (Å²) < 4.78 is 7.42. The Morgan fingerprint density at radius 2 is 1.97 bits per heavy atom. The van der Waals surface area contributed by atoms with Gasteiger partial charge in [-0.1, -0.05) is 57.5 Å². The van der Waals surface area contributed by atoms with E-state index >= 15 is 0 Å². The number of methoxy groups -OCH3 is 1. The second-order valence-corrected chi connectivity index (χ2v) is 9.70. The zero-order valence-corrected chi connectivity index (χ0v) is 18.9. The summed E-state index contributed by atoms with van der Waals surface area (Å²) in [5.41, 5.74) is 1.08. The third-order valence-electron chi connectivity index (χ3n) is 5.68. The summed E-state index contributed by atoms with van der Waals surface area (Å²) in [5, 5.41) is 12.5. The normalized spacial score (nSPS) is 19.8. The molecule has 1 aromatic carbocycles. The maximum Gasteiger partial charge on any atom is 0.230 e. The molecule has 1 heterocycles. The van der Waals surface area contributed by atoms with E-state index in [2.05, 4.69) is 36.3 Å². The number of hydrogen-bond acceptors (Lipinski definition) is 5. The average molecular weight is 417 g/mol. The number of amides is 1. The first-order valence-corrected chi connectivity index (χ1v) is 11.3. The van der Waals surface area contributed by atoms with Gasteiger partial charge in [0, 0.05) is 6.04 Å². The number of carbonyl (C=O) groups is 1. The quantitative estimate of drug-likeness (QED) is 0.707. The molecule has 1 amide bonds. The predicted molar refractivity (Wildman–Crippen MR) is 117 cm³/mol. The van der Waals surface area contributed by atoms with Crippen molar-refractivity contribution in [3.63, 3.8) is 0 Å². The van der Waals surface area contributed by atoms with Gasteiger partial charge in [0.15, 0.2) is 5.16 Å². The lowest BCUT2D eigenvalue weighted by Gasteiger charge is -2.40. The van der Waals surface area contributed by atoms with Crippen LogP contribution in [0.15, 0.2) is 29.4 Å². The van der Waals surface area contributed by atoms with Crippen molar-refractivity contribution >= 4 is 17.7 Å².